The summed E-state index contributed by atoms with van der Waals surface area (Å²) in [5.41, 5.74) is 2.25. The van der Waals surface area contributed by atoms with E-state index in [-0.39, 0.29) is 24.6 Å². The van der Waals surface area contributed by atoms with Gasteiger partial charge in [-0.1, -0.05) is 36.7 Å². The van der Waals surface area contributed by atoms with Crippen LogP contribution in [0.5, 0.6) is 0 Å². The van der Waals surface area contributed by atoms with Gasteiger partial charge in [0.15, 0.2) is 0 Å². The van der Waals surface area contributed by atoms with Gasteiger partial charge in [-0.05, 0) is 43.7 Å². The minimum atomic E-state index is -0.504. The van der Waals surface area contributed by atoms with Crippen LogP contribution in [0.4, 0.5) is 11.4 Å². The van der Waals surface area contributed by atoms with Crippen molar-refractivity contribution >= 4 is 45.8 Å². The first kappa shape index (κ1) is 21.6. The molecule has 3 rings (SSSR count). The number of rotatable bonds is 8. The molecule has 0 unspecified atom stereocenters. The van der Waals surface area contributed by atoms with E-state index in [1.165, 1.54) is 6.20 Å². The Balaban J connectivity index is 1.93. The first-order valence-electron chi connectivity index (χ1n) is 9.89. The van der Waals surface area contributed by atoms with Crippen molar-refractivity contribution in [2.45, 2.75) is 20.3 Å². The molecule has 0 aliphatic rings. The van der Waals surface area contributed by atoms with Gasteiger partial charge in [-0.2, -0.15) is 0 Å². The van der Waals surface area contributed by atoms with Gasteiger partial charge < -0.3 is 15.0 Å². The predicted molar refractivity (Wildman–Crippen MR) is 120 cm³/mol. The maximum Gasteiger partial charge on any atom is 0.341 e. The van der Waals surface area contributed by atoms with Crippen LogP contribution in [0.15, 0.2) is 54.7 Å². The topological polar surface area (TPSA) is 71.5 Å². The van der Waals surface area contributed by atoms with Crippen molar-refractivity contribution in [2.75, 3.05) is 29.9 Å². The highest BCUT2D eigenvalue weighted by Crippen LogP contribution is 2.29. The summed E-state index contributed by atoms with van der Waals surface area (Å²) >= 11 is 6.17. The molecule has 0 spiro atoms. The number of benzene rings is 2. The van der Waals surface area contributed by atoms with E-state index in [0.717, 1.165) is 12.1 Å². The second-order valence-corrected chi connectivity index (χ2v) is 7.10. The number of halogens is 1. The Morgan fingerprint density at radius 3 is 2.60 bits per heavy atom. The summed E-state index contributed by atoms with van der Waals surface area (Å²) in [4.78, 5) is 31.5. The van der Waals surface area contributed by atoms with Gasteiger partial charge in [0.2, 0.25) is 5.91 Å². The molecule has 6 nitrogen and oxygen atoms in total. The summed E-state index contributed by atoms with van der Waals surface area (Å²) in [5.74, 6) is -0.611. The van der Waals surface area contributed by atoms with Crippen LogP contribution >= 0.6 is 11.6 Å². The third-order valence-electron chi connectivity index (χ3n) is 4.56. The number of carbonyl (C=O) groups is 2. The van der Waals surface area contributed by atoms with E-state index in [1.54, 1.807) is 30.0 Å². The highest BCUT2D eigenvalue weighted by molar-refractivity contribution is 6.31. The van der Waals surface area contributed by atoms with E-state index < -0.39 is 5.97 Å². The molecule has 3 aromatic rings. The Hall–Kier alpha value is -3.12. The monoisotopic (exact) mass is 425 g/mol. The fourth-order valence-electron chi connectivity index (χ4n) is 3.21. The average Bonchev–Trinajstić information content (AvgIpc) is 2.76. The number of aromatic nitrogens is 1. The lowest BCUT2D eigenvalue weighted by Gasteiger charge is -2.23. The zero-order chi connectivity index (χ0) is 21.5. The van der Waals surface area contributed by atoms with Gasteiger partial charge in [-0.25, -0.2) is 4.79 Å². The summed E-state index contributed by atoms with van der Waals surface area (Å²) in [7, 11) is 0. The van der Waals surface area contributed by atoms with Crippen molar-refractivity contribution in [1.82, 2.24) is 4.98 Å². The SMILES string of the molecule is CCCN(C(=O)CNc1c(C(=O)OCC)cnc2ccc(Cl)cc12)c1ccccc1. The van der Waals surface area contributed by atoms with E-state index in [0.29, 0.717) is 28.2 Å². The second kappa shape index (κ2) is 10.1. The van der Waals surface area contributed by atoms with E-state index in [4.69, 9.17) is 16.3 Å². The van der Waals surface area contributed by atoms with E-state index >= 15 is 0 Å². The van der Waals surface area contributed by atoms with Gasteiger partial charge in [-0.3, -0.25) is 9.78 Å². The molecule has 30 heavy (non-hydrogen) atoms. The molecule has 0 saturated heterocycles. The van der Waals surface area contributed by atoms with Crippen LogP contribution < -0.4 is 10.2 Å². The number of para-hydroxylation sites is 1. The van der Waals surface area contributed by atoms with Gasteiger partial charge in [0.25, 0.3) is 0 Å². The molecule has 0 aliphatic carbocycles. The van der Waals surface area contributed by atoms with Crippen molar-refractivity contribution in [1.29, 1.82) is 0 Å². The molecule has 1 aromatic heterocycles. The molecular weight excluding hydrogens is 402 g/mol. The van der Waals surface area contributed by atoms with Crippen molar-refractivity contribution in [2.24, 2.45) is 0 Å². The van der Waals surface area contributed by atoms with Crippen LogP contribution in [0.1, 0.15) is 30.6 Å². The quantitative estimate of drug-likeness (QED) is 0.518. The Kier molecular flexibility index (Phi) is 7.25. The molecule has 7 heteroatoms. The summed E-state index contributed by atoms with van der Waals surface area (Å²) < 4.78 is 5.16. The fourth-order valence-corrected chi connectivity index (χ4v) is 3.38. The van der Waals surface area contributed by atoms with Gasteiger partial charge in [0, 0.05) is 28.8 Å². The van der Waals surface area contributed by atoms with Crippen LogP contribution in [-0.4, -0.2) is 36.6 Å². The first-order chi connectivity index (χ1) is 14.5. The average molecular weight is 426 g/mol. The van der Waals surface area contributed by atoms with E-state index in [2.05, 4.69) is 10.3 Å². The van der Waals surface area contributed by atoms with Crippen molar-refractivity contribution < 1.29 is 14.3 Å². The molecule has 0 radical (unpaired) electrons. The smallest absolute Gasteiger partial charge is 0.341 e. The minimum absolute atomic E-state index is 0.00687. The van der Waals surface area contributed by atoms with Gasteiger partial charge in [0.1, 0.15) is 5.56 Å². The predicted octanol–water partition coefficient (Wildman–Crippen LogP) is 4.92. The van der Waals surface area contributed by atoms with Crippen LogP contribution in [-0.2, 0) is 9.53 Å². The minimum Gasteiger partial charge on any atom is -0.462 e. The van der Waals surface area contributed by atoms with Crippen LogP contribution in [0.25, 0.3) is 10.9 Å². The third kappa shape index (κ3) is 4.89. The number of hydrogen-bond acceptors (Lipinski definition) is 5. The van der Waals surface area contributed by atoms with Crippen molar-refractivity contribution in [3.8, 4) is 0 Å². The normalized spacial score (nSPS) is 10.6. The van der Waals surface area contributed by atoms with E-state index in [1.807, 2.05) is 37.3 Å². The highest BCUT2D eigenvalue weighted by Gasteiger charge is 2.20. The van der Waals surface area contributed by atoms with Gasteiger partial charge in [0.05, 0.1) is 24.4 Å². The lowest BCUT2D eigenvalue weighted by molar-refractivity contribution is -0.117. The molecular formula is C23H24ClN3O3. The first-order valence-corrected chi connectivity index (χ1v) is 10.3. The molecule has 2 aromatic carbocycles. The number of nitrogens with zero attached hydrogens (tertiary/aromatic N) is 2. The van der Waals surface area contributed by atoms with Gasteiger partial charge >= 0.3 is 5.97 Å². The Bertz CT molecular complexity index is 1040. The number of pyridine rings is 1. The zero-order valence-electron chi connectivity index (χ0n) is 17.0. The molecule has 0 bridgehead atoms. The maximum atomic E-state index is 13.0. The van der Waals surface area contributed by atoms with Crippen LogP contribution in [0.3, 0.4) is 0 Å². The molecule has 0 aliphatic heterocycles. The standard InChI is InChI=1S/C23H24ClN3O3/c1-3-12-27(17-8-6-5-7-9-17)21(28)15-26-22-18-13-16(24)10-11-20(18)25-14-19(22)23(29)30-4-2/h5-11,13-14H,3-4,12,15H2,1-2H3,(H,25,26). The Labute approximate surface area is 180 Å². The Morgan fingerprint density at radius 1 is 1.13 bits per heavy atom. The van der Waals surface area contributed by atoms with Gasteiger partial charge in [-0.15, -0.1) is 0 Å². The summed E-state index contributed by atoms with van der Waals surface area (Å²) in [5, 5.41) is 4.31. The molecule has 0 saturated carbocycles. The number of hydrogen-bond donors (Lipinski definition) is 1. The highest BCUT2D eigenvalue weighted by atomic mass is 35.5. The van der Waals surface area contributed by atoms with E-state index in [9.17, 15) is 9.59 Å². The molecule has 1 amide bonds. The largest absolute Gasteiger partial charge is 0.462 e. The molecule has 156 valence electrons. The van der Waals surface area contributed by atoms with Crippen LogP contribution in [0, 0.1) is 0 Å². The molecule has 0 atom stereocenters. The summed E-state index contributed by atoms with van der Waals surface area (Å²) in [6.07, 6.45) is 2.28. The lowest BCUT2D eigenvalue weighted by Crippen LogP contribution is -2.36. The fraction of sp³-hybridized carbons (Fsp3) is 0.261. The summed E-state index contributed by atoms with van der Waals surface area (Å²) in [6, 6.07) is 14.7. The Morgan fingerprint density at radius 2 is 1.90 bits per heavy atom. The number of ether oxygens (including phenoxy) is 1. The molecule has 1 heterocycles. The lowest BCUT2D eigenvalue weighted by atomic mass is 10.1. The number of carbonyl (C=O) groups excluding carboxylic acids is 2. The number of anilines is 2. The van der Waals surface area contributed by atoms with Crippen molar-refractivity contribution in [3.63, 3.8) is 0 Å². The molecule has 0 fully saturated rings. The third-order valence-corrected chi connectivity index (χ3v) is 4.79. The number of esters is 1. The maximum absolute atomic E-state index is 13.0. The number of amides is 1. The molecule has 1 N–H and O–H groups in total. The summed E-state index contributed by atoms with van der Waals surface area (Å²) in [6.45, 7) is 4.60. The zero-order valence-corrected chi connectivity index (χ0v) is 17.8. The second-order valence-electron chi connectivity index (χ2n) is 6.66. The number of nitrogens with one attached hydrogen (secondary N) is 1. The van der Waals surface area contributed by atoms with Crippen molar-refractivity contribution in [3.05, 3.63) is 65.3 Å². The number of fused-ring (bicyclic) bond motifs is 1. The van der Waals surface area contributed by atoms with Crippen LogP contribution in [0.2, 0.25) is 5.02 Å².